The van der Waals surface area contributed by atoms with Gasteiger partial charge in [0.1, 0.15) is 18.5 Å². The van der Waals surface area contributed by atoms with Crippen LogP contribution < -0.4 is 10.5 Å². The number of primary amides is 1. The third-order valence-corrected chi connectivity index (χ3v) is 3.31. The second-order valence-corrected chi connectivity index (χ2v) is 5.18. The van der Waals surface area contributed by atoms with E-state index in [1.165, 1.54) is 0 Å². The summed E-state index contributed by atoms with van der Waals surface area (Å²) in [5.41, 5.74) is 7.23. The molecule has 0 fully saturated rings. The van der Waals surface area contributed by atoms with Gasteiger partial charge in [0.05, 0.1) is 5.56 Å². The minimum atomic E-state index is -0.816. The maximum absolute atomic E-state index is 11.4. The molecule has 2 rings (SSSR count). The molecule has 110 valence electrons. The van der Waals surface area contributed by atoms with E-state index in [1.54, 1.807) is 42.5 Å². The first-order valence-electron chi connectivity index (χ1n) is 6.44. The Hall–Kier alpha value is -2.04. The number of hydrogen-bond acceptors (Lipinski definition) is 3. The average Bonchev–Trinajstić information content (AvgIpc) is 2.45. The summed E-state index contributed by atoms with van der Waals surface area (Å²) in [6.45, 7) is 1.90. The number of aliphatic hydroxyl groups is 1. The molecule has 0 aliphatic rings. The molecule has 0 spiro atoms. The Morgan fingerprint density at radius 3 is 2.57 bits per heavy atom. The van der Waals surface area contributed by atoms with Crippen LogP contribution in [0.25, 0.3) is 0 Å². The van der Waals surface area contributed by atoms with Crippen LogP contribution in [-0.2, 0) is 0 Å². The quantitative estimate of drug-likeness (QED) is 0.892. The number of nitrogens with two attached hydrogens (primary N) is 1. The van der Waals surface area contributed by atoms with E-state index < -0.39 is 12.0 Å². The Morgan fingerprint density at radius 1 is 1.29 bits per heavy atom. The van der Waals surface area contributed by atoms with Gasteiger partial charge < -0.3 is 15.6 Å². The Morgan fingerprint density at radius 2 is 1.95 bits per heavy atom. The molecule has 0 saturated carbocycles. The third-order valence-electron chi connectivity index (χ3n) is 3.05. The zero-order valence-corrected chi connectivity index (χ0v) is 12.3. The van der Waals surface area contributed by atoms with E-state index in [9.17, 15) is 9.90 Å². The zero-order valence-electron chi connectivity index (χ0n) is 11.5. The monoisotopic (exact) mass is 305 g/mol. The van der Waals surface area contributed by atoms with Gasteiger partial charge in [0.15, 0.2) is 0 Å². The Bertz CT molecular complexity index is 640. The molecular weight excluding hydrogens is 290 g/mol. The molecule has 1 amide bonds. The molecule has 5 heteroatoms. The fraction of sp³-hybridized carbons (Fsp3) is 0.188. The van der Waals surface area contributed by atoms with Crippen molar-refractivity contribution in [2.45, 2.75) is 13.0 Å². The average molecular weight is 306 g/mol. The summed E-state index contributed by atoms with van der Waals surface area (Å²) < 4.78 is 5.54. The highest BCUT2D eigenvalue weighted by molar-refractivity contribution is 6.30. The smallest absolute Gasteiger partial charge is 0.252 e. The van der Waals surface area contributed by atoms with E-state index in [2.05, 4.69) is 0 Å². The van der Waals surface area contributed by atoms with Crippen molar-refractivity contribution in [3.63, 3.8) is 0 Å². The summed E-state index contributed by atoms with van der Waals surface area (Å²) in [4.78, 5) is 11.4. The summed E-state index contributed by atoms with van der Waals surface area (Å²) >= 11 is 5.80. The van der Waals surface area contributed by atoms with Gasteiger partial charge >= 0.3 is 0 Å². The van der Waals surface area contributed by atoms with Crippen molar-refractivity contribution in [2.24, 2.45) is 5.73 Å². The normalized spacial score (nSPS) is 12.0. The highest BCUT2D eigenvalue weighted by atomic mass is 35.5. The van der Waals surface area contributed by atoms with Gasteiger partial charge in [-0.05, 0) is 42.3 Å². The van der Waals surface area contributed by atoms with E-state index in [1.807, 2.05) is 6.92 Å². The molecule has 3 N–H and O–H groups in total. The van der Waals surface area contributed by atoms with E-state index in [4.69, 9.17) is 22.1 Å². The fourth-order valence-electron chi connectivity index (χ4n) is 1.90. The van der Waals surface area contributed by atoms with Gasteiger partial charge in [-0.1, -0.05) is 29.8 Å². The van der Waals surface area contributed by atoms with Crippen molar-refractivity contribution in [2.75, 3.05) is 6.61 Å². The van der Waals surface area contributed by atoms with Crippen LogP contribution in [-0.4, -0.2) is 17.6 Å². The Labute approximate surface area is 128 Å². The van der Waals surface area contributed by atoms with Crippen LogP contribution in [0.15, 0.2) is 42.5 Å². The van der Waals surface area contributed by atoms with E-state index in [0.29, 0.717) is 21.9 Å². The van der Waals surface area contributed by atoms with Crippen molar-refractivity contribution in [1.82, 2.24) is 0 Å². The number of aryl methyl sites for hydroxylation is 1. The van der Waals surface area contributed by atoms with Crippen molar-refractivity contribution in [3.05, 3.63) is 64.2 Å². The number of ether oxygens (including phenoxy) is 1. The van der Waals surface area contributed by atoms with Crippen LogP contribution in [0.1, 0.15) is 27.6 Å². The molecule has 0 radical (unpaired) electrons. The Kier molecular flexibility index (Phi) is 4.83. The highest BCUT2D eigenvalue weighted by Gasteiger charge is 2.13. The first kappa shape index (κ1) is 15.4. The maximum Gasteiger partial charge on any atom is 0.252 e. The minimum Gasteiger partial charge on any atom is -0.490 e. The molecule has 2 aromatic carbocycles. The van der Waals surface area contributed by atoms with Gasteiger partial charge in [-0.15, -0.1) is 0 Å². The van der Waals surface area contributed by atoms with Crippen LogP contribution in [0.3, 0.4) is 0 Å². The molecule has 1 unspecified atom stereocenters. The second kappa shape index (κ2) is 6.61. The molecular formula is C16H16ClNO3. The molecule has 21 heavy (non-hydrogen) atoms. The molecule has 4 nitrogen and oxygen atoms in total. The summed E-state index contributed by atoms with van der Waals surface area (Å²) in [6.07, 6.45) is -0.816. The summed E-state index contributed by atoms with van der Waals surface area (Å²) in [6, 6.07) is 11.9. The largest absolute Gasteiger partial charge is 0.490 e. The van der Waals surface area contributed by atoms with Crippen LogP contribution in [0.4, 0.5) is 0 Å². The predicted molar refractivity (Wildman–Crippen MR) is 81.6 cm³/mol. The number of carbonyl (C=O) groups is 1. The lowest BCUT2D eigenvalue weighted by atomic mass is 10.1. The molecule has 1 atom stereocenters. The second-order valence-electron chi connectivity index (χ2n) is 4.74. The molecule has 0 aliphatic carbocycles. The molecule has 0 aliphatic heterocycles. The molecule has 2 aromatic rings. The van der Waals surface area contributed by atoms with Crippen molar-refractivity contribution >= 4 is 17.5 Å². The van der Waals surface area contributed by atoms with E-state index >= 15 is 0 Å². The zero-order chi connectivity index (χ0) is 15.4. The molecule has 0 aromatic heterocycles. The lowest BCUT2D eigenvalue weighted by Crippen LogP contribution is -2.15. The van der Waals surface area contributed by atoms with Gasteiger partial charge in [-0.25, -0.2) is 0 Å². The summed E-state index contributed by atoms with van der Waals surface area (Å²) in [5, 5.41) is 10.7. The molecule has 0 saturated heterocycles. The number of carbonyl (C=O) groups excluding carboxylic acids is 1. The van der Waals surface area contributed by atoms with Gasteiger partial charge in [0, 0.05) is 5.02 Å². The van der Waals surface area contributed by atoms with Crippen molar-refractivity contribution in [1.29, 1.82) is 0 Å². The summed E-state index contributed by atoms with van der Waals surface area (Å²) in [5.74, 6) is -0.193. The number of aliphatic hydroxyl groups excluding tert-OH is 1. The molecule has 0 heterocycles. The fourth-order valence-corrected chi connectivity index (χ4v) is 2.03. The van der Waals surface area contributed by atoms with Gasteiger partial charge in [0.2, 0.25) is 0 Å². The SMILES string of the molecule is Cc1ccc(C(N)=O)c(OCC(O)c2ccc(Cl)cc2)c1. The van der Waals surface area contributed by atoms with Crippen LogP contribution in [0, 0.1) is 6.92 Å². The number of halogens is 1. The summed E-state index contributed by atoms with van der Waals surface area (Å²) in [7, 11) is 0. The maximum atomic E-state index is 11.4. The van der Waals surface area contributed by atoms with Crippen molar-refractivity contribution < 1.29 is 14.6 Å². The van der Waals surface area contributed by atoms with Crippen LogP contribution in [0.5, 0.6) is 5.75 Å². The lowest BCUT2D eigenvalue weighted by molar-refractivity contribution is 0.0967. The van der Waals surface area contributed by atoms with Crippen molar-refractivity contribution in [3.8, 4) is 5.75 Å². The standard InChI is InChI=1S/C16H16ClNO3/c1-10-2-7-13(16(18)20)15(8-10)21-9-14(19)11-3-5-12(17)6-4-11/h2-8,14,19H,9H2,1H3,(H2,18,20). The van der Waals surface area contributed by atoms with E-state index in [0.717, 1.165) is 5.56 Å². The Balaban J connectivity index is 2.10. The minimum absolute atomic E-state index is 0.0192. The number of rotatable bonds is 5. The first-order chi connectivity index (χ1) is 9.97. The first-order valence-corrected chi connectivity index (χ1v) is 6.82. The highest BCUT2D eigenvalue weighted by Crippen LogP contribution is 2.22. The van der Waals surface area contributed by atoms with Gasteiger partial charge in [0.25, 0.3) is 5.91 Å². The lowest BCUT2D eigenvalue weighted by Gasteiger charge is -2.15. The number of hydrogen-bond donors (Lipinski definition) is 2. The van der Waals surface area contributed by atoms with E-state index in [-0.39, 0.29) is 6.61 Å². The third kappa shape index (κ3) is 3.97. The molecule has 0 bridgehead atoms. The van der Waals surface area contributed by atoms with Gasteiger partial charge in [-0.3, -0.25) is 4.79 Å². The number of benzene rings is 2. The van der Waals surface area contributed by atoms with Crippen LogP contribution >= 0.6 is 11.6 Å². The van der Waals surface area contributed by atoms with Gasteiger partial charge in [-0.2, -0.15) is 0 Å². The predicted octanol–water partition coefficient (Wildman–Crippen LogP) is 2.86. The van der Waals surface area contributed by atoms with Crippen LogP contribution in [0.2, 0.25) is 5.02 Å². The number of amides is 1. The topological polar surface area (TPSA) is 72.6 Å².